The molecule has 0 spiro atoms. The van der Waals surface area contributed by atoms with E-state index in [2.05, 4.69) is 10.6 Å². The lowest BCUT2D eigenvalue weighted by molar-refractivity contribution is -0.119. The van der Waals surface area contributed by atoms with Gasteiger partial charge in [0.2, 0.25) is 15.9 Å². The number of rotatable bonds is 6. The average Bonchev–Trinajstić information content (AvgIpc) is 2.89. The second-order valence-electron chi connectivity index (χ2n) is 6.11. The summed E-state index contributed by atoms with van der Waals surface area (Å²) in [5, 5.41) is 5.73. The molecule has 1 heterocycles. The third-order valence-electron chi connectivity index (χ3n) is 4.00. The quantitative estimate of drug-likeness (QED) is 0.742. The summed E-state index contributed by atoms with van der Waals surface area (Å²) in [4.78, 5) is 12.4. The van der Waals surface area contributed by atoms with Gasteiger partial charge in [-0.15, -0.1) is 0 Å². The minimum atomic E-state index is -3.65. The molecule has 0 radical (unpaired) electrons. The highest BCUT2D eigenvalue weighted by Gasteiger charge is 2.33. The zero-order valence-corrected chi connectivity index (χ0v) is 16.1. The van der Waals surface area contributed by atoms with Gasteiger partial charge in [0.05, 0.1) is 33.7 Å². The molecule has 140 valence electrons. The number of carbonyl (C=O) groups is 1. The number of benzene rings is 1. The number of hydrogen-bond donors (Lipinski definition) is 2. The Bertz CT molecular complexity index is 863. The Morgan fingerprint density at radius 1 is 1.28 bits per heavy atom. The molecule has 0 unspecified atom stereocenters. The Labute approximate surface area is 148 Å². The standard InChI is InChI=1S/C15H23N3O5S2/c1-4-16-13-6-5-12(25(22,23)18(2)3)9-14(13)17-15(19)11-7-8-24(20,21)10-11/h5-6,9,11,16H,4,7-8,10H2,1-3H3,(H,17,19)/t11-/m1/s1. The highest BCUT2D eigenvalue weighted by Crippen LogP contribution is 2.28. The third-order valence-corrected chi connectivity index (χ3v) is 7.58. The van der Waals surface area contributed by atoms with E-state index < -0.39 is 31.7 Å². The van der Waals surface area contributed by atoms with Crippen LogP contribution in [0.3, 0.4) is 0 Å². The van der Waals surface area contributed by atoms with Crippen LogP contribution in [0.4, 0.5) is 11.4 Å². The van der Waals surface area contributed by atoms with Crippen LogP contribution in [0.25, 0.3) is 0 Å². The van der Waals surface area contributed by atoms with Crippen molar-refractivity contribution in [1.82, 2.24) is 4.31 Å². The number of anilines is 2. The van der Waals surface area contributed by atoms with Gasteiger partial charge in [0, 0.05) is 20.6 Å². The minimum absolute atomic E-state index is 0.000201. The van der Waals surface area contributed by atoms with Gasteiger partial charge in [0.15, 0.2) is 9.84 Å². The molecule has 1 aliphatic heterocycles. The minimum Gasteiger partial charge on any atom is -0.384 e. The summed E-state index contributed by atoms with van der Waals surface area (Å²) in [5.41, 5.74) is 0.897. The molecule has 2 N–H and O–H groups in total. The molecule has 1 aromatic carbocycles. The first-order valence-electron chi connectivity index (χ1n) is 7.88. The summed E-state index contributed by atoms with van der Waals surface area (Å²) in [6, 6.07) is 4.43. The van der Waals surface area contributed by atoms with Crippen LogP contribution in [0, 0.1) is 5.92 Å². The molecule has 0 bridgehead atoms. The van der Waals surface area contributed by atoms with Gasteiger partial charge in [-0.3, -0.25) is 4.79 Å². The normalized spacial score (nSPS) is 19.8. The Kier molecular flexibility index (Phi) is 5.75. The van der Waals surface area contributed by atoms with Crippen LogP contribution in [-0.2, 0) is 24.7 Å². The molecular formula is C15H23N3O5S2. The average molecular weight is 389 g/mol. The van der Waals surface area contributed by atoms with Crippen LogP contribution in [-0.4, -0.2) is 59.2 Å². The van der Waals surface area contributed by atoms with Gasteiger partial charge in [-0.1, -0.05) is 0 Å². The fourth-order valence-corrected chi connectivity index (χ4v) is 5.25. The van der Waals surface area contributed by atoms with Crippen molar-refractivity contribution < 1.29 is 21.6 Å². The first-order chi connectivity index (χ1) is 11.6. The molecule has 1 aromatic rings. The third kappa shape index (κ3) is 4.50. The van der Waals surface area contributed by atoms with E-state index in [0.717, 1.165) is 4.31 Å². The Morgan fingerprint density at radius 2 is 1.96 bits per heavy atom. The molecule has 1 saturated heterocycles. The van der Waals surface area contributed by atoms with E-state index in [-0.39, 0.29) is 22.8 Å². The van der Waals surface area contributed by atoms with Crippen molar-refractivity contribution >= 4 is 37.1 Å². The highest BCUT2D eigenvalue weighted by molar-refractivity contribution is 7.91. The molecule has 1 atom stereocenters. The van der Waals surface area contributed by atoms with E-state index in [9.17, 15) is 21.6 Å². The molecule has 25 heavy (non-hydrogen) atoms. The number of sulfone groups is 1. The van der Waals surface area contributed by atoms with E-state index in [0.29, 0.717) is 17.9 Å². The summed E-state index contributed by atoms with van der Waals surface area (Å²) in [6.07, 6.45) is 0.278. The SMILES string of the molecule is CCNc1ccc(S(=O)(=O)N(C)C)cc1NC(=O)[C@@H]1CCS(=O)(=O)C1. The van der Waals surface area contributed by atoms with Crippen molar-refractivity contribution in [2.75, 3.05) is 42.8 Å². The lowest BCUT2D eigenvalue weighted by Gasteiger charge is -2.17. The Hall–Kier alpha value is -1.65. The number of carbonyl (C=O) groups excluding carboxylic acids is 1. The van der Waals surface area contributed by atoms with Gasteiger partial charge in [0.25, 0.3) is 0 Å². The van der Waals surface area contributed by atoms with E-state index in [1.165, 1.54) is 26.2 Å². The molecule has 1 amide bonds. The first-order valence-corrected chi connectivity index (χ1v) is 11.1. The Morgan fingerprint density at radius 3 is 2.48 bits per heavy atom. The number of sulfonamides is 1. The zero-order valence-electron chi connectivity index (χ0n) is 14.4. The van der Waals surface area contributed by atoms with E-state index >= 15 is 0 Å². The lowest BCUT2D eigenvalue weighted by Crippen LogP contribution is -2.25. The van der Waals surface area contributed by atoms with E-state index in [1.807, 2.05) is 6.92 Å². The van der Waals surface area contributed by atoms with Gasteiger partial charge in [-0.05, 0) is 31.5 Å². The topological polar surface area (TPSA) is 113 Å². The molecular weight excluding hydrogens is 366 g/mol. The number of amides is 1. The fraction of sp³-hybridized carbons (Fsp3) is 0.533. The van der Waals surface area contributed by atoms with Crippen LogP contribution in [0.2, 0.25) is 0 Å². The molecule has 1 fully saturated rings. The lowest BCUT2D eigenvalue weighted by atomic mass is 10.1. The summed E-state index contributed by atoms with van der Waals surface area (Å²) in [7, 11) is -3.97. The van der Waals surface area contributed by atoms with Crippen molar-refractivity contribution in [3.8, 4) is 0 Å². The first kappa shape index (κ1) is 19.7. The molecule has 2 rings (SSSR count). The highest BCUT2D eigenvalue weighted by atomic mass is 32.2. The smallest absolute Gasteiger partial charge is 0.242 e. The maximum atomic E-state index is 12.4. The maximum Gasteiger partial charge on any atom is 0.242 e. The van der Waals surface area contributed by atoms with Crippen molar-refractivity contribution in [2.45, 2.75) is 18.2 Å². The monoisotopic (exact) mass is 389 g/mol. The van der Waals surface area contributed by atoms with Gasteiger partial charge >= 0.3 is 0 Å². The summed E-state index contributed by atoms with van der Waals surface area (Å²) < 4.78 is 48.8. The largest absolute Gasteiger partial charge is 0.384 e. The van der Waals surface area contributed by atoms with Crippen LogP contribution in [0.15, 0.2) is 23.1 Å². The van der Waals surface area contributed by atoms with Crippen LogP contribution in [0.5, 0.6) is 0 Å². The molecule has 0 aromatic heterocycles. The van der Waals surface area contributed by atoms with Crippen molar-refractivity contribution in [2.24, 2.45) is 5.92 Å². The number of nitrogens with one attached hydrogen (secondary N) is 2. The van der Waals surface area contributed by atoms with Gasteiger partial charge in [0.1, 0.15) is 0 Å². The van der Waals surface area contributed by atoms with Gasteiger partial charge in [-0.2, -0.15) is 0 Å². The summed E-state index contributed by atoms with van der Waals surface area (Å²) in [5.74, 6) is -1.21. The number of nitrogens with zero attached hydrogens (tertiary/aromatic N) is 1. The molecule has 0 aliphatic carbocycles. The van der Waals surface area contributed by atoms with Crippen LogP contribution in [0.1, 0.15) is 13.3 Å². The second-order valence-corrected chi connectivity index (χ2v) is 10.5. The fourth-order valence-electron chi connectivity index (χ4n) is 2.58. The van der Waals surface area contributed by atoms with Crippen LogP contribution < -0.4 is 10.6 Å². The van der Waals surface area contributed by atoms with Gasteiger partial charge < -0.3 is 10.6 Å². The summed E-state index contributed by atoms with van der Waals surface area (Å²) in [6.45, 7) is 2.46. The predicted octanol–water partition coefficient (Wildman–Crippen LogP) is 0.742. The predicted molar refractivity (Wildman–Crippen MR) is 96.9 cm³/mol. The molecule has 8 nitrogen and oxygen atoms in total. The Balaban J connectivity index is 2.32. The molecule has 1 aliphatic rings. The van der Waals surface area contributed by atoms with E-state index in [4.69, 9.17) is 0 Å². The molecule has 10 heteroatoms. The number of hydrogen-bond acceptors (Lipinski definition) is 6. The van der Waals surface area contributed by atoms with Crippen LogP contribution >= 0.6 is 0 Å². The van der Waals surface area contributed by atoms with E-state index in [1.54, 1.807) is 6.07 Å². The van der Waals surface area contributed by atoms with Crippen molar-refractivity contribution in [1.29, 1.82) is 0 Å². The van der Waals surface area contributed by atoms with Gasteiger partial charge in [-0.25, -0.2) is 21.1 Å². The van der Waals surface area contributed by atoms with Crippen molar-refractivity contribution in [3.63, 3.8) is 0 Å². The second kappa shape index (κ2) is 7.30. The zero-order chi connectivity index (χ0) is 18.8. The summed E-state index contributed by atoms with van der Waals surface area (Å²) >= 11 is 0. The van der Waals surface area contributed by atoms with Crippen molar-refractivity contribution in [3.05, 3.63) is 18.2 Å². The molecule has 0 saturated carbocycles. The maximum absolute atomic E-state index is 12.4.